The highest BCUT2D eigenvalue weighted by Gasteiger charge is 2.52. The van der Waals surface area contributed by atoms with Gasteiger partial charge in [-0.3, -0.25) is 14.4 Å². The molecule has 0 saturated carbocycles. The second-order valence-corrected chi connectivity index (χ2v) is 16.6. The van der Waals surface area contributed by atoms with Gasteiger partial charge in [0.2, 0.25) is 5.91 Å². The fraction of sp³-hybridized carbons (Fsp3) is 0.938. The molecule has 0 unspecified atom stereocenters. The van der Waals surface area contributed by atoms with E-state index in [1.807, 2.05) is 32.8 Å². The molecule has 1 fully saturated rings. The first-order valence-corrected chi connectivity index (χ1v) is 24.0. The third kappa shape index (κ3) is 33.3. The quantitative estimate of drug-likeness (QED) is 0.0539. The number of nitrogens with one attached hydrogen (secondary N) is 1. The van der Waals surface area contributed by atoms with Crippen LogP contribution in [0.15, 0.2) is 0 Å². The van der Waals surface area contributed by atoms with E-state index in [0.717, 1.165) is 77.2 Å². The Morgan fingerprint density at radius 2 is 1.05 bits per heavy atom. The molecule has 0 radical (unpaired) electrons. The Labute approximate surface area is 350 Å². The number of hydrogen-bond donors (Lipinski definition) is 1. The fourth-order valence-electron chi connectivity index (χ4n) is 6.49. The van der Waals surface area contributed by atoms with Crippen molar-refractivity contribution in [3.8, 4) is 0 Å². The second-order valence-electron chi connectivity index (χ2n) is 16.6. The summed E-state index contributed by atoms with van der Waals surface area (Å²) < 4.78 is 11.5. The first-order valence-electron chi connectivity index (χ1n) is 24.0. The van der Waals surface area contributed by atoms with Crippen molar-refractivity contribution >= 4 is 17.8 Å². The highest BCUT2D eigenvalue weighted by molar-refractivity contribution is 5.92. The van der Waals surface area contributed by atoms with Gasteiger partial charge in [0.05, 0.1) is 13.2 Å². The smallest absolute Gasteiger partial charge is 0.306 e. The lowest BCUT2D eigenvalue weighted by Crippen LogP contribution is -2.71. The number of nitrogens with zero attached hydrogens (tertiary/aromatic N) is 2. The molecule has 1 rings (SSSR count). The minimum absolute atomic E-state index is 0.0248. The first kappa shape index (κ1) is 58.6. The van der Waals surface area contributed by atoms with Crippen LogP contribution in [-0.2, 0) is 23.9 Å². The summed E-state index contributed by atoms with van der Waals surface area (Å²) in [5.41, 5.74) is -0.880. The predicted molar refractivity (Wildman–Crippen MR) is 242 cm³/mol. The Hall–Kier alpha value is -1.67. The Balaban J connectivity index is -0.00000323. The number of hydrogen-bond acceptors (Lipinski definition) is 6. The molecule has 0 aliphatic carbocycles. The Kier molecular flexibility index (Phi) is 45.0. The van der Waals surface area contributed by atoms with Crippen molar-refractivity contribution in [3.63, 3.8) is 0 Å². The zero-order valence-electron chi connectivity index (χ0n) is 39.8. The average molecular weight is 798 g/mol. The third-order valence-electron chi connectivity index (χ3n) is 9.66. The van der Waals surface area contributed by atoms with Crippen molar-refractivity contribution in [2.24, 2.45) is 5.92 Å². The average Bonchev–Trinajstić information content (AvgIpc) is 3.14. The Morgan fingerprint density at radius 1 is 0.625 bits per heavy atom. The molecule has 0 spiro atoms. The molecule has 2 amide bonds. The van der Waals surface area contributed by atoms with E-state index in [-0.39, 0.29) is 37.1 Å². The van der Waals surface area contributed by atoms with Crippen molar-refractivity contribution in [3.05, 3.63) is 0 Å². The molecule has 0 aromatic heterocycles. The van der Waals surface area contributed by atoms with E-state index in [0.29, 0.717) is 31.8 Å². The SMILES string of the molecule is CC.CCC.CCC.CCCCCCCCC(CCCCCCCC)OC(=O)CCCCCCCCC(=O)N(CCCN(C)C)C1(C(=O)NCC(C)C)COC1. The Bertz CT molecular complexity index is 844. The number of rotatable bonds is 32. The van der Waals surface area contributed by atoms with Gasteiger partial charge in [-0.15, -0.1) is 0 Å². The summed E-state index contributed by atoms with van der Waals surface area (Å²) in [6, 6.07) is 0. The zero-order chi connectivity index (χ0) is 42.9. The summed E-state index contributed by atoms with van der Waals surface area (Å²) in [5, 5.41) is 3.05. The van der Waals surface area contributed by atoms with Gasteiger partial charge < -0.3 is 24.6 Å². The van der Waals surface area contributed by atoms with E-state index in [4.69, 9.17) is 9.47 Å². The topological polar surface area (TPSA) is 88.2 Å². The lowest BCUT2D eigenvalue weighted by atomic mass is 9.92. The molecule has 0 aromatic rings. The molecular weight excluding hydrogens is 699 g/mol. The normalized spacial score (nSPS) is 12.8. The maximum Gasteiger partial charge on any atom is 0.306 e. The van der Waals surface area contributed by atoms with Crippen LogP contribution in [0.5, 0.6) is 0 Å². The van der Waals surface area contributed by atoms with Crippen molar-refractivity contribution in [1.29, 1.82) is 0 Å². The van der Waals surface area contributed by atoms with Gasteiger partial charge in [0.25, 0.3) is 5.91 Å². The van der Waals surface area contributed by atoms with Gasteiger partial charge in [-0.05, 0) is 71.5 Å². The van der Waals surface area contributed by atoms with Crippen LogP contribution in [0.3, 0.4) is 0 Å². The highest BCUT2D eigenvalue weighted by Crippen LogP contribution is 2.28. The van der Waals surface area contributed by atoms with E-state index in [1.165, 1.54) is 77.0 Å². The molecule has 1 aliphatic rings. The summed E-state index contributed by atoms with van der Waals surface area (Å²) in [5.74, 6) is 0.284. The van der Waals surface area contributed by atoms with Crippen LogP contribution in [0.25, 0.3) is 0 Å². The molecule has 8 heteroatoms. The van der Waals surface area contributed by atoms with Gasteiger partial charge in [0.1, 0.15) is 6.10 Å². The van der Waals surface area contributed by atoms with E-state index in [1.54, 1.807) is 0 Å². The summed E-state index contributed by atoms with van der Waals surface area (Å²) in [7, 11) is 4.05. The zero-order valence-corrected chi connectivity index (χ0v) is 39.8. The molecular formula is C48H99N3O5. The van der Waals surface area contributed by atoms with Crippen molar-refractivity contribution in [2.75, 3.05) is 46.9 Å². The molecule has 0 aromatic carbocycles. The minimum Gasteiger partial charge on any atom is -0.462 e. The number of carbonyl (C=O) groups is 3. The summed E-state index contributed by atoms with van der Waals surface area (Å²) in [6.07, 6.45) is 27.4. The van der Waals surface area contributed by atoms with Crippen LogP contribution in [0, 0.1) is 5.92 Å². The van der Waals surface area contributed by atoms with E-state index in [9.17, 15) is 14.4 Å². The van der Waals surface area contributed by atoms with Crippen molar-refractivity contribution in [1.82, 2.24) is 15.1 Å². The number of amides is 2. The van der Waals surface area contributed by atoms with Crippen LogP contribution in [0.2, 0.25) is 0 Å². The minimum atomic E-state index is -0.880. The molecule has 1 saturated heterocycles. The molecule has 1 heterocycles. The summed E-state index contributed by atoms with van der Waals surface area (Å²) in [6.45, 7) is 23.7. The van der Waals surface area contributed by atoms with Gasteiger partial charge in [0, 0.05) is 25.9 Å². The van der Waals surface area contributed by atoms with E-state index < -0.39 is 5.54 Å². The monoisotopic (exact) mass is 798 g/mol. The molecule has 56 heavy (non-hydrogen) atoms. The summed E-state index contributed by atoms with van der Waals surface area (Å²) >= 11 is 0. The molecule has 8 nitrogen and oxygen atoms in total. The van der Waals surface area contributed by atoms with Crippen LogP contribution in [0.1, 0.15) is 230 Å². The van der Waals surface area contributed by atoms with E-state index in [2.05, 4.69) is 65.6 Å². The lowest BCUT2D eigenvalue weighted by Gasteiger charge is -2.48. The molecule has 0 atom stereocenters. The molecule has 0 bridgehead atoms. The number of esters is 1. The van der Waals surface area contributed by atoms with Gasteiger partial charge in [0.15, 0.2) is 5.54 Å². The number of unbranched alkanes of at least 4 members (excludes halogenated alkanes) is 15. The summed E-state index contributed by atoms with van der Waals surface area (Å²) in [4.78, 5) is 43.3. The first-order chi connectivity index (χ1) is 27.0. The number of ether oxygens (including phenoxy) is 2. The largest absolute Gasteiger partial charge is 0.462 e. The van der Waals surface area contributed by atoms with Crippen molar-refractivity contribution in [2.45, 2.75) is 241 Å². The molecule has 336 valence electrons. The number of carbonyl (C=O) groups excluding carboxylic acids is 3. The van der Waals surface area contributed by atoms with Crippen LogP contribution < -0.4 is 5.32 Å². The van der Waals surface area contributed by atoms with Gasteiger partial charge in [-0.2, -0.15) is 0 Å². The fourth-order valence-corrected chi connectivity index (χ4v) is 6.49. The molecule has 1 N–H and O–H groups in total. The Morgan fingerprint density at radius 3 is 1.46 bits per heavy atom. The third-order valence-corrected chi connectivity index (χ3v) is 9.66. The lowest BCUT2D eigenvalue weighted by molar-refractivity contribution is -0.180. The second kappa shape index (κ2) is 42.9. The van der Waals surface area contributed by atoms with E-state index >= 15 is 0 Å². The maximum absolute atomic E-state index is 13.5. The van der Waals surface area contributed by atoms with Crippen LogP contribution in [-0.4, -0.2) is 86.2 Å². The predicted octanol–water partition coefficient (Wildman–Crippen LogP) is 12.7. The van der Waals surface area contributed by atoms with Crippen molar-refractivity contribution < 1.29 is 23.9 Å². The van der Waals surface area contributed by atoms with Gasteiger partial charge >= 0.3 is 5.97 Å². The standard InChI is InChI=1S/C40H77N3O5.2C3H8.C2H6/c1-7-9-11-13-17-21-26-36(27-22-18-14-12-10-8-2)48-38(45)29-24-20-16-15-19-23-28-37(44)43(31-25-30-42(5)6)40(33-47-34-40)39(46)41-32-35(3)4;2*1-3-2;1-2/h35-36H,7-34H2,1-6H3,(H,41,46);2*3H2,1-2H3;1-2H3. The molecule has 1 aliphatic heterocycles. The van der Waals surface area contributed by atoms with Gasteiger partial charge in [-0.1, -0.05) is 172 Å². The highest BCUT2D eigenvalue weighted by atomic mass is 16.5. The van der Waals surface area contributed by atoms with Gasteiger partial charge in [-0.25, -0.2) is 0 Å². The van der Waals surface area contributed by atoms with Crippen LogP contribution in [0.4, 0.5) is 0 Å². The van der Waals surface area contributed by atoms with Crippen LogP contribution >= 0.6 is 0 Å². The maximum atomic E-state index is 13.5.